The summed E-state index contributed by atoms with van der Waals surface area (Å²) in [6.07, 6.45) is 0. The number of furan rings is 1. The summed E-state index contributed by atoms with van der Waals surface area (Å²) in [4.78, 5) is 12.7. The molecular weight excluding hydrogens is 388 g/mol. The SMILES string of the molecule is COc1cccc(OC)c1C(=O)NC(=S)Nc1ccc2c(c1)oc1ccccc12. The minimum Gasteiger partial charge on any atom is -0.496 e. The minimum atomic E-state index is -0.429. The third-order valence-electron chi connectivity index (χ3n) is 4.52. The monoisotopic (exact) mass is 406 g/mol. The molecule has 0 aliphatic heterocycles. The van der Waals surface area contributed by atoms with Crippen molar-refractivity contribution in [2.75, 3.05) is 19.5 Å². The van der Waals surface area contributed by atoms with Crippen molar-refractivity contribution in [1.29, 1.82) is 0 Å². The van der Waals surface area contributed by atoms with Crippen LogP contribution in [-0.2, 0) is 0 Å². The van der Waals surface area contributed by atoms with Crippen molar-refractivity contribution in [3.63, 3.8) is 0 Å². The van der Waals surface area contributed by atoms with Gasteiger partial charge >= 0.3 is 0 Å². The van der Waals surface area contributed by atoms with Crippen LogP contribution >= 0.6 is 12.2 Å². The number of nitrogens with one attached hydrogen (secondary N) is 2. The molecule has 0 saturated heterocycles. The van der Waals surface area contributed by atoms with Crippen molar-refractivity contribution in [3.05, 3.63) is 66.2 Å². The number of carbonyl (C=O) groups is 1. The molecule has 2 N–H and O–H groups in total. The molecule has 4 rings (SSSR count). The van der Waals surface area contributed by atoms with Crippen molar-refractivity contribution in [1.82, 2.24) is 5.32 Å². The van der Waals surface area contributed by atoms with E-state index in [0.717, 1.165) is 21.9 Å². The fourth-order valence-electron chi connectivity index (χ4n) is 3.21. The lowest BCUT2D eigenvalue weighted by atomic mass is 10.1. The van der Waals surface area contributed by atoms with E-state index in [1.165, 1.54) is 14.2 Å². The molecule has 0 unspecified atom stereocenters. The van der Waals surface area contributed by atoms with Gasteiger partial charge in [-0.2, -0.15) is 0 Å². The van der Waals surface area contributed by atoms with Crippen LogP contribution in [0.25, 0.3) is 21.9 Å². The molecule has 0 fully saturated rings. The number of fused-ring (bicyclic) bond motifs is 3. The van der Waals surface area contributed by atoms with E-state index in [2.05, 4.69) is 10.6 Å². The molecule has 0 bridgehead atoms. The molecule has 0 saturated carbocycles. The molecule has 0 spiro atoms. The van der Waals surface area contributed by atoms with Crippen LogP contribution in [-0.4, -0.2) is 25.2 Å². The number of hydrogen-bond donors (Lipinski definition) is 2. The number of hydrogen-bond acceptors (Lipinski definition) is 5. The molecule has 1 amide bonds. The largest absolute Gasteiger partial charge is 0.496 e. The Morgan fingerprint density at radius 3 is 2.31 bits per heavy atom. The van der Waals surface area contributed by atoms with Crippen LogP contribution in [0.15, 0.2) is 65.1 Å². The maximum absolute atomic E-state index is 12.7. The number of benzene rings is 3. The number of para-hydroxylation sites is 1. The lowest BCUT2D eigenvalue weighted by molar-refractivity contribution is 0.0971. The zero-order chi connectivity index (χ0) is 20.4. The molecule has 0 aliphatic rings. The van der Waals surface area contributed by atoms with Gasteiger partial charge in [-0.1, -0.05) is 24.3 Å². The highest BCUT2D eigenvalue weighted by Gasteiger charge is 2.19. The molecule has 1 heterocycles. The average molecular weight is 406 g/mol. The quantitative estimate of drug-likeness (QED) is 0.478. The normalized spacial score (nSPS) is 10.7. The molecule has 6 nitrogen and oxygen atoms in total. The standard InChI is InChI=1S/C22H18N2O4S/c1-26-17-8-5-9-18(27-2)20(17)21(25)24-22(29)23-13-10-11-15-14-6-3-4-7-16(14)28-19(15)12-13/h3-12H,1-2H3,(H2,23,24,25,29). The smallest absolute Gasteiger partial charge is 0.264 e. The Kier molecular flexibility index (Phi) is 5.05. The molecule has 3 aromatic carbocycles. The summed E-state index contributed by atoms with van der Waals surface area (Å²) in [7, 11) is 2.98. The third-order valence-corrected chi connectivity index (χ3v) is 4.72. The predicted octanol–water partition coefficient (Wildman–Crippen LogP) is 4.73. The van der Waals surface area contributed by atoms with Crippen LogP contribution in [0, 0.1) is 0 Å². The summed E-state index contributed by atoms with van der Waals surface area (Å²) < 4.78 is 16.4. The second-order valence-electron chi connectivity index (χ2n) is 6.25. The van der Waals surface area contributed by atoms with Gasteiger partial charge in [-0.15, -0.1) is 0 Å². The number of ether oxygens (including phenoxy) is 2. The first-order valence-corrected chi connectivity index (χ1v) is 9.26. The van der Waals surface area contributed by atoms with Gasteiger partial charge in [0.25, 0.3) is 5.91 Å². The number of rotatable bonds is 4. The van der Waals surface area contributed by atoms with E-state index in [0.29, 0.717) is 17.2 Å². The average Bonchev–Trinajstić information content (AvgIpc) is 3.10. The summed E-state index contributed by atoms with van der Waals surface area (Å²) in [5, 5.41) is 7.89. The van der Waals surface area contributed by atoms with E-state index in [1.807, 2.05) is 42.5 Å². The summed E-state index contributed by atoms with van der Waals surface area (Å²) in [5.74, 6) is 0.364. The van der Waals surface area contributed by atoms with Crippen LogP contribution in [0.2, 0.25) is 0 Å². The highest BCUT2D eigenvalue weighted by Crippen LogP contribution is 2.30. The number of anilines is 1. The van der Waals surface area contributed by atoms with Gasteiger partial charge in [0.2, 0.25) is 0 Å². The Morgan fingerprint density at radius 2 is 1.59 bits per heavy atom. The fourth-order valence-corrected chi connectivity index (χ4v) is 3.42. The van der Waals surface area contributed by atoms with E-state index in [9.17, 15) is 4.79 Å². The van der Waals surface area contributed by atoms with Gasteiger partial charge in [0.15, 0.2) is 5.11 Å². The Hall–Kier alpha value is -3.58. The zero-order valence-electron chi connectivity index (χ0n) is 15.8. The number of thiocarbonyl (C=S) groups is 1. The molecule has 29 heavy (non-hydrogen) atoms. The van der Waals surface area contributed by atoms with Crippen molar-refractivity contribution >= 4 is 50.9 Å². The maximum atomic E-state index is 12.7. The zero-order valence-corrected chi connectivity index (χ0v) is 16.6. The molecule has 4 aromatic rings. The Labute approximate surface area is 172 Å². The summed E-state index contributed by atoms with van der Waals surface area (Å²) in [6.45, 7) is 0. The van der Waals surface area contributed by atoms with Gasteiger partial charge in [-0.3, -0.25) is 10.1 Å². The van der Waals surface area contributed by atoms with Crippen molar-refractivity contribution in [2.24, 2.45) is 0 Å². The first-order valence-electron chi connectivity index (χ1n) is 8.85. The maximum Gasteiger partial charge on any atom is 0.264 e. The first kappa shape index (κ1) is 18.8. The fraction of sp³-hybridized carbons (Fsp3) is 0.0909. The van der Waals surface area contributed by atoms with Gasteiger partial charge in [0, 0.05) is 22.5 Å². The lowest BCUT2D eigenvalue weighted by Gasteiger charge is -2.14. The van der Waals surface area contributed by atoms with Crippen LogP contribution < -0.4 is 20.1 Å². The Balaban J connectivity index is 1.54. The van der Waals surface area contributed by atoms with Gasteiger partial charge < -0.3 is 19.2 Å². The Morgan fingerprint density at radius 1 is 0.897 bits per heavy atom. The van der Waals surface area contributed by atoms with Gasteiger partial charge in [0.05, 0.1) is 14.2 Å². The van der Waals surface area contributed by atoms with E-state index in [4.69, 9.17) is 26.1 Å². The van der Waals surface area contributed by atoms with Crippen molar-refractivity contribution in [2.45, 2.75) is 0 Å². The number of amides is 1. The summed E-state index contributed by atoms with van der Waals surface area (Å²) in [5.41, 5.74) is 2.53. The second-order valence-corrected chi connectivity index (χ2v) is 6.66. The molecule has 0 aliphatic carbocycles. The topological polar surface area (TPSA) is 72.7 Å². The minimum absolute atomic E-state index is 0.151. The first-order chi connectivity index (χ1) is 14.1. The second kappa shape index (κ2) is 7.81. The van der Waals surface area contributed by atoms with E-state index >= 15 is 0 Å². The highest BCUT2D eigenvalue weighted by molar-refractivity contribution is 7.80. The van der Waals surface area contributed by atoms with Gasteiger partial charge in [-0.25, -0.2) is 0 Å². The van der Waals surface area contributed by atoms with Gasteiger partial charge in [0.1, 0.15) is 28.2 Å². The number of carbonyl (C=O) groups excluding carboxylic acids is 1. The van der Waals surface area contributed by atoms with Crippen LogP contribution in [0.4, 0.5) is 5.69 Å². The third kappa shape index (κ3) is 3.60. The molecular formula is C22H18N2O4S. The summed E-state index contributed by atoms with van der Waals surface area (Å²) >= 11 is 5.30. The lowest BCUT2D eigenvalue weighted by Crippen LogP contribution is -2.34. The van der Waals surface area contributed by atoms with E-state index < -0.39 is 5.91 Å². The van der Waals surface area contributed by atoms with Crippen molar-refractivity contribution < 1.29 is 18.7 Å². The van der Waals surface area contributed by atoms with E-state index in [1.54, 1.807) is 18.2 Å². The molecule has 7 heteroatoms. The number of methoxy groups -OCH3 is 2. The Bertz CT molecular complexity index is 1210. The molecule has 0 atom stereocenters. The predicted molar refractivity (Wildman–Crippen MR) is 117 cm³/mol. The van der Waals surface area contributed by atoms with Crippen LogP contribution in [0.3, 0.4) is 0 Å². The summed E-state index contributed by atoms with van der Waals surface area (Å²) in [6, 6.07) is 18.6. The highest BCUT2D eigenvalue weighted by atomic mass is 32.1. The van der Waals surface area contributed by atoms with Crippen molar-refractivity contribution in [3.8, 4) is 11.5 Å². The van der Waals surface area contributed by atoms with Crippen LogP contribution in [0.5, 0.6) is 11.5 Å². The molecule has 0 radical (unpaired) electrons. The van der Waals surface area contributed by atoms with Crippen LogP contribution in [0.1, 0.15) is 10.4 Å². The van der Waals surface area contributed by atoms with Gasteiger partial charge in [-0.05, 0) is 42.5 Å². The van der Waals surface area contributed by atoms with E-state index in [-0.39, 0.29) is 10.7 Å². The molecule has 146 valence electrons. The molecule has 1 aromatic heterocycles.